The second-order valence-electron chi connectivity index (χ2n) is 7.17. The van der Waals surface area contributed by atoms with Gasteiger partial charge in [0.15, 0.2) is 16.7 Å². The number of fused-ring (bicyclic) bond motifs is 2. The van der Waals surface area contributed by atoms with E-state index in [4.69, 9.17) is 9.47 Å². The Labute approximate surface area is 196 Å². The second kappa shape index (κ2) is 8.61. The zero-order valence-electron chi connectivity index (χ0n) is 17.3. The van der Waals surface area contributed by atoms with E-state index in [0.717, 1.165) is 10.4 Å². The first-order valence-corrected chi connectivity index (χ1v) is 12.5. The third kappa shape index (κ3) is 3.89. The second-order valence-corrected chi connectivity index (χ2v) is 10.3. The van der Waals surface area contributed by atoms with Crippen molar-refractivity contribution in [1.82, 2.24) is 9.55 Å². The minimum absolute atomic E-state index is 0.110. The maximum absolute atomic E-state index is 13.1. The summed E-state index contributed by atoms with van der Waals surface area (Å²) in [6, 6.07) is 9.28. The molecule has 32 heavy (non-hydrogen) atoms. The van der Waals surface area contributed by atoms with E-state index in [1.54, 1.807) is 43.5 Å². The molecule has 0 spiro atoms. The molecule has 0 saturated heterocycles. The SMILES string of the molecule is CC(Sc1nc2scc(-c3cccs3)c2c(=O)n1C)C(=O)Nc1ccc2c(c1)OCCO2. The molecule has 1 unspecified atom stereocenters. The molecular formula is C22H19N3O4S3. The van der Waals surface area contributed by atoms with Gasteiger partial charge in [-0.3, -0.25) is 14.2 Å². The Bertz CT molecular complexity index is 1360. The first-order chi connectivity index (χ1) is 15.5. The van der Waals surface area contributed by atoms with Crippen molar-refractivity contribution in [1.29, 1.82) is 0 Å². The van der Waals surface area contributed by atoms with Crippen molar-refractivity contribution in [2.45, 2.75) is 17.3 Å². The number of hydrogen-bond acceptors (Lipinski definition) is 8. The van der Waals surface area contributed by atoms with Crippen LogP contribution >= 0.6 is 34.4 Å². The minimum atomic E-state index is -0.463. The fourth-order valence-electron chi connectivity index (χ4n) is 3.35. The summed E-state index contributed by atoms with van der Waals surface area (Å²) in [5.41, 5.74) is 1.43. The molecule has 5 rings (SSSR count). The zero-order valence-corrected chi connectivity index (χ0v) is 19.7. The number of nitrogens with one attached hydrogen (secondary N) is 1. The van der Waals surface area contributed by atoms with Gasteiger partial charge in [-0.25, -0.2) is 4.98 Å². The minimum Gasteiger partial charge on any atom is -0.486 e. The normalized spacial score (nSPS) is 13.8. The van der Waals surface area contributed by atoms with Crippen molar-refractivity contribution in [3.63, 3.8) is 0 Å². The number of hydrogen-bond donors (Lipinski definition) is 1. The lowest BCUT2D eigenvalue weighted by atomic mass is 10.2. The highest BCUT2D eigenvalue weighted by atomic mass is 32.2. The third-order valence-electron chi connectivity index (χ3n) is 5.02. The summed E-state index contributed by atoms with van der Waals surface area (Å²) in [7, 11) is 1.69. The number of benzene rings is 1. The number of nitrogens with zero attached hydrogens (tertiary/aromatic N) is 2. The smallest absolute Gasteiger partial charge is 0.263 e. The number of carbonyl (C=O) groups excluding carboxylic acids is 1. The lowest BCUT2D eigenvalue weighted by Crippen LogP contribution is -2.25. The summed E-state index contributed by atoms with van der Waals surface area (Å²) in [5, 5.41) is 7.52. The number of amides is 1. The Morgan fingerprint density at radius 2 is 2.03 bits per heavy atom. The molecule has 10 heteroatoms. The Hall–Kier alpha value is -2.82. The Kier molecular flexibility index (Phi) is 5.66. The molecule has 1 aliphatic heterocycles. The predicted molar refractivity (Wildman–Crippen MR) is 130 cm³/mol. The van der Waals surface area contributed by atoms with Crippen LogP contribution < -0.4 is 20.3 Å². The first kappa shape index (κ1) is 21.0. The lowest BCUT2D eigenvalue weighted by Gasteiger charge is -2.19. The van der Waals surface area contributed by atoms with Gasteiger partial charge in [0.1, 0.15) is 18.0 Å². The van der Waals surface area contributed by atoms with E-state index < -0.39 is 5.25 Å². The maximum Gasteiger partial charge on any atom is 0.263 e. The molecule has 3 aromatic heterocycles. The lowest BCUT2D eigenvalue weighted by molar-refractivity contribution is -0.115. The average Bonchev–Trinajstić information content (AvgIpc) is 3.47. The highest BCUT2D eigenvalue weighted by molar-refractivity contribution is 8.00. The van der Waals surface area contributed by atoms with Crippen LogP contribution in [0.5, 0.6) is 11.5 Å². The van der Waals surface area contributed by atoms with Crippen LogP contribution in [0, 0.1) is 0 Å². The van der Waals surface area contributed by atoms with Crippen molar-refractivity contribution in [3.8, 4) is 21.9 Å². The van der Waals surface area contributed by atoms with Gasteiger partial charge in [-0.1, -0.05) is 17.8 Å². The Morgan fingerprint density at radius 3 is 2.81 bits per heavy atom. The molecule has 164 valence electrons. The van der Waals surface area contributed by atoms with Crippen LogP contribution in [0.1, 0.15) is 6.92 Å². The van der Waals surface area contributed by atoms with Gasteiger partial charge in [0.25, 0.3) is 5.56 Å². The molecule has 4 aromatic rings. The summed E-state index contributed by atoms with van der Waals surface area (Å²) < 4.78 is 12.6. The van der Waals surface area contributed by atoms with Gasteiger partial charge < -0.3 is 14.8 Å². The third-order valence-corrected chi connectivity index (χ3v) is 7.94. The average molecular weight is 486 g/mol. The van der Waals surface area contributed by atoms with Crippen molar-refractivity contribution < 1.29 is 14.3 Å². The van der Waals surface area contributed by atoms with Crippen LogP contribution in [0.25, 0.3) is 20.7 Å². The summed E-state index contributed by atoms with van der Waals surface area (Å²) >= 11 is 4.29. The fourth-order valence-corrected chi connectivity index (χ4v) is 6.03. The number of aromatic nitrogens is 2. The number of thioether (sulfide) groups is 1. The highest BCUT2D eigenvalue weighted by Gasteiger charge is 2.21. The van der Waals surface area contributed by atoms with Gasteiger partial charge in [0.2, 0.25) is 5.91 Å². The number of carbonyl (C=O) groups is 1. The molecule has 0 saturated carbocycles. The van der Waals surface area contributed by atoms with Crippen molar-refractivity contribution in [2.24, 2.45) is 7.05 Å². The molecule has 4 heterocycles. The molecule has 0 radical (unpaired) electrons. The number of thiophene rings is 2. The van der Waals surface area contributed by atoms with Crippen molar-refractivity contribution in [3.05, 3.63) is 51.4 Å². The molecule has 0 bridgehead atoms. The topological polar surface area (TPSA) is 82.5 Å². The van der Waals surface area contributed by atoms with Crippen molar-refractivity contribution >= 4 is 56.2 Å². The first-order valence-electron chi connectivity index (χ1n) is 9.90. The number of ether oxygens (including phenoxy) is 2. The summed E-state index contributed by atoms with van der Waals surface area (Å²) in [4.78, 5) is 32.3. The van der Waals surface area contributed by atoms with Crippen LogP contribution in [-0.2, 0) is 11.8 Å². The molecule has 1 aromatic carbocycles. The van der Waals surface area contributed by atoms with Gasteiger partial charge >= 0.3 is 0 Å². The van der Waals surface area contributed by atoms with Gasteiger partial charge in [-0.05, 0) is 30.5 Å². The van der Waals surface area contributed by atoms with E-state index in [9.17, 15) is 9.59 Å². The van der Waals surface area contributed by atoms with E-state index in [2.05, 4.69) is 10.3 Å². The van der Waals surface area contributed by atoms with Crippen LogP contribution in [-0.4, -0.2) is 33.9 Å². The van der Waals surface area contributed by atoms with Gasteiger partial charge in [-0.15, -0.1) is 22.7 Å². The van der Waals surface area contributed by atoms with E-state index in [-0.39, 0.29) is 11.5 Å². The summed E-state index contributed by atoms with van der Waals surface area (Å²) in [6.45, 7) is 2.79. The quantitative estimate of drug-likeness (QED) is 0.328. The predicted octanol–water partition coefficient (Wildman–Crippen LogP) is 4.61. The Morgan fingerprint density at radius 1 is 1.22 bits per heavy atom. The van der Waals surface area contributed by atoms with E-state index in [1.807, 2.05) is 22.9 Å². The largest absolute Gasteiger partial charge is 0.486 e. The van der Waals surface area contributed by atoms with Crippen LogP contribution in [0.15, 0.2) is 51.0 Å². The molecule has 1 N–H and O–H groups in total. The highest BCUT2D eigenvalue weighted by Crippen LogP contribution is 2.35. The van der Waals surface area contributed by atoms with E-state index in [1.165, 1.54) is 27.7 Å². The molecule has 1 amide bonds. The number of rotatable bonds is 5. The van der Waals surface area contributed by atoms with Gasteiger partial charge in [0, 0.05) is 34.6 Å². The standard InChI is InChI=1S/C22H19N3O4S3/c1-12(19(26)23-13-5-6-15-16(10-13)29-8-7-28-15)32-22-24-20-18(21(27)25(22)2)14(11-31-20)17-4-3-9-30-17/h3-6,9-12H,7-8H2,1-2H3,(H,23,26). The fraction of sp³-hybridized carbons (Fsp3) is 0.227. The summed E-state index contributed by atoms with van der Waals surface area (Å²) in [5.74, 6) is 1.09. The Balaban J connectivity index is 1.36. The molecule has 1 atom stereocenters. The van der Waals surface area contributed by atoms with E-state index >= 15 is 0 Å². The monoisotopic (exact) mass is 485 g/mol. The zero-order chi connectivity index (χ0) is 22.2. The van der Waals surface area contributed by atoms with Gasteiger partial charge in [-0.2, -0.15) is 0 Å². The van der Waals surface area contributed by atoms with Crippen LogP contribution in [0.3, 0.4) is 0 Å². The maximum atomic E-state index is 13.1. The molecule has 0 fully saturated rings. The van der Waals surface area contributed by atoms with Gasteiger partial charge in [0.05, 0.1) is 10.6 Å². The van der Waals surface area contributed by atoms with Crippen LogP contribution in [0.4, 0.5) is 5.69 Å². The molecule has 1 aliphatic rings. The molecular weight excluding hydrogens is 466 g/mol. The van der Waals surface area contributed by atoms with E-state index in [0.29, 0.717) is 45.8 Å². The molecule has 7 nitrogen and oxygen atoms in total. The summed E-state index contributed by atoms with van der Waals surface area (Å²) in [6.07, 6.45) is 0. The number of anilines is 1. The van der Waals surface area contributed by atoms with Crippen LogP contribution in [0.2, 0.25) is 0 Å². The van der Waals surface area contributed by atoms with Crippen molar-refractivity contribution in [2.75, 3.05) is 18.5 Å². The molecule has 0 aliphatic carbocycles.